The second-order valence-corrected chi connectivity index (χ2v) is 7.72. The average Bonchev–Trinajstić information content (AvgIpc) is 2.61. The quantitative estimate of drug-likeness (QED) is 0.768. The van der Waals surface area contributed by atoms with E-state index in [-0.39, 0.29) is 5.91 Å². The van der Waals surface area contributed by atoms with Gasteiger partial charge in [0.25, 0.3) is 0 Å². The lowest BCUT2D eigenvalue weighted by Gasteiger charge is -2.28. The van der Waals surface area contributed by atoms with Gasteiger partial charge in [0, 0.05) is 6.54 Å². The van der Waals surface area contributed by atoms with Gasteiger partial charge in [0.1, 0.15) is 11.8 Å². The number of carbonyl (C=O) groups excluding carboxylic acids is 1. The highest BCUT2D eigenvalue weighted by Crippen LogP contribution is 2.20. The van der Waals surface area contributed by atoms with Gasteiger partial charge < -0.3 is 10.1 Å². The van der Waals surface area contributed by atoms with E-state index >= 15 is 0 Å². The molecule has 1 atom stereocenters. The van der Waals surface area contributed by atoms with Gasteiger partial charge >= 0.3 is 0 Å². The number of anilines is 1. The summed E-state index contributed by atoms with van der Waals surface area (Å²) in [5, 5.41) is 2.79. The zero-order chi connectivity index (χ0) is 19.2. The molecular weight excluding hydrogens is 352 g/mol. The summed E-state index contributed by atoms with van der Waals surface area (Å²) in [5.74, 6) is 0.399. The summed E-state index contributed by atoms with van der Waals surface area (Å²) >= 11 is 0. The van der Waals surface area contributed by atoms with Crippen LogP contribution in [0.4, 0.5) is 5.69 Å². The van der Waals surface area contributed by atoms with Crippen LogP contribution in [-0.2, 0) is 21.4 Å². The van der Waals surface area contributed by atoms with E-state index in [9.17, 15) is 13.2 Å². The molecule has 1 amide bonds. The lowest BCUT2D eigenvalue weighted by Crippen LogP contribution is -2.47. The van der Waals surface area contributed by atoms with E-state index in [2.05, 4.69) is 5.32 Å². The molecule has 0 aromatic heterocycles. The van der Waals surface area contributed by atoms with Gasteiger partial charge in [-0.05, 0) is 43.7 Å². The van der Waals surface area contributed by atoms with Gasteiger partial charge in [-0.25, -0.2) is 8.42 Å². The molecule has 2 aromatic rings. The smallest absolute Gasteiger partial charge is 0.243 e. The molecule has 0 aliphatic rings. The zero-order valence-corrected chi connectivity index (χ0v) is 16.0. The van der Waals surface area contributed by atoms with Crippen LogP contribution >= 0.6 is 0 Å². The maximum absolute atomic E-state index is 12.5. The van der Waals surface area contributed by atoms with Crippen molar-refractivity contribution >= 4 is 21.6 Å². The van der Waals surface area contributed by atoms with Gasteiger partial charge in [-0.15, -0.1) is 0 Å². The number of carbonyl (C=O) groups is 1. The fraction of sp³-hybridized carbons (Fsp3) is 0.316. The standard InChI is InChI=1S/C19H24N2O4S/c1-4-25-18-12-10-16(11-13-18)14-20-19(22)15(2)21(26(3,23)24)17-8-6-5-7-9-17/h5-13,15H,4,14H2,1-3H3,(H,20,22)/t15-/m1/s1. The fourth-order valence-corrected chi connectivity index (χ4v) is 3.77. The molecule has 2 aromatic carbocycles. The van der Waals surface area contributed by atoms with Crippen LogP contribution in [0.15, 0.2) is 54.6 Å². The molecule has 0 bridgehead atoms. The van der Waals surface area contributed by atoms with Crippen molar-refractivity contribution in [2.75, 3.05) is 17.2 Å². The van der Waals surface area contributed by atoms with E-state index in [1.165, 1.54) is 0 Å². The van der Waals surface area contributed by atoms with Gasteiger partial charge in [0.05, 0.1) is 18.6 Å². The Morgan fingerprint density at radius 3 is 2.27 bits per heavy atom. The molecule has 26 heavy (non-hydrogen) atoms. The molecule has 6 nitrogen and oxygen atoms in total. The van der Waals surface area contributed by atoms with E-state index in [4.69, 9.17) is 4.74 Å². The first-order chi connectivity index (χ1) is 12.3. The molecule has 0 unspecified atom stereocenters. The number of para-hydroxylation sites is 1. The molecule has 0 spiro atoms. The van der Waals surface area contributed by atoms with Gasteiger partial charge in [0.2, 0.25) is 15.9 Å². The highest BCUT2D eigenvalue weighted by atomic mass is 32.2. The number of sulfonamides is 1. The van der Waals surface area contributed by atoms with Crippen molar-refractivity contribution in [3.63, 3.8) is 0 Å². The van der Waals surface area contributed by atoms with Crippen LogP contribution in [0.5, 0.6) is 5.75 Å². The van der Waals surface area contributed by atoms with Crippen LogP contribution < -0.4 is 14.4 Å². The molecule has 0 radical (unpaired) electrons. The molecule has 2 rings (SSSR count). The predicted octanol–water partition coefficient (Wildman–Crippen LogP) is 2.56. The fourth-order valence-electron chi connectivity index (χ4n) is 2.59. The first-order valence-corrected chi connectivity index (χ1v) is 10.2. The van der Waals surface area contributed by atoms with Crippen molar-refractivity contribution in [3.05, 3.63) is 60.2 Å². The summed E-state index contributed by atoms with van der Waals surface area (Å²) in [6, 6.07) is 15.1. The molecule has 0 aliphatic carbocycles. The Hall–Kier alpha value is -2.54. The summed E-state index contributed by atoms with van der Waals surface area (Å²) < 4.78 is 30.9. The van der Waals surface area contributed by atoms with E-state index < -0.39 is 16.1 Å². The van der Waals surface area contributed by atoms with E-state index in [1.54, 1.807) is 37.3 Å². The molecule has 0 fully saturated rings. The van der Waals surface area contributed by atoms with Gasteiger partial charge in [-0.1, -0.05) is 30.3 Å². The highest BCUT2D eigenvalue weighted by Gasteiger charge is 2.28. The van der Waals surface area contributed by atoms with Crippen LogP contribution in [-0.4, -0.2) is 33.2 Å². The SMILES string of the molecule is CCOc1ccc(CNC(=O)[C@@H](C)N(c2ccccc2)S(C)(=O)=O)cc1. The molecule has 0 saturated heterocycles. The normalized spacial score (nSPS) is 12.3. The third-order valence-corrected chi connectivity index (χ3v) is 5.04. The summed E-state index contributed by atoms with van der Waals surface area (Å²) in [4.78, 5) is 12.5. The van der Waals surface area contributed by atoms with E-state index in [1.807, 2.05) is 31.2 Å². The number of nitrogens with zero attached hydrogens (tertiary/aromatic N) is 1. The highest BCUT2D eigenvalue weighted by molar-refractivity contribution is 7.92. The monoisotopic (exact) mass is 376 g/mol. The minimum atomic E-state index is -3.60. The summed E-state index contributed by atoms with van der Waals surface area (Å²) in [5.41, 5.74) is 1.36. The van der Waals surface area contributed by atoms with Gasteiger partial charge in [-0.2, -0.15) is 0 Å². The number of hydrogen-bond donors (Lipinski definition) is 1. The molecule has 0 heterocycles. The molecule has 1 N–H and O–H groups in total. The van der Waals surface area contributed by atoms with Gasteiger partial charge in [0.15, 0.2) is 0 Å². The summed E-state index contributed by atoms with van der Waals surface area (Å²) in [7, 11) is -3.60. The minimum Gasteiger partial charge on any atom is -0.494 e. The second kappa shape index (κ2) is 8.71. The number of rotatable bonds is 8. The lowest BCUT2D eigenvalue weighted by atomic mass is 10.2. The molecule has 0 saturated carbocycles. The van der Waals surface area contributed by atoms with Crippen molar-refractivity contribution in [2.24, 2.45) is 0 Å². The van der Waals surface area contributed by atoms with Gasteiger partial charge in [-0.3, -0.25) is 9.10 Å². The topological polar surface area (TPSA) is 75.7 Å². The summed E-state index contributed by atoms with van der Waals surface area (Å²) in [6.45, 7) is 4.38. The minimum absolute atomic E-state index is 0.308. The first kappa shape index (κ1) is 19.8. The number of nitrogens with one attached hydrogen (secondary N) is 1. The van der Waals surface area contributed by atoms with Crippen molar-refractivity contribution in [1.82, 2.24) is 5.32 Å². The Balaban J connectivity index is 2.07. The molecular formula is C19H24N2O4S. The van der Waals surface area contributed by atoms with Crippen molar-refractivity contribution in [3.8, 4) is 5.75 Å². The van der Waals surface area contributed by atoms with Crippen LogP contribution in [0.25, 0.3) is 0 Å². The number of ether oxygens (including phenoxy) is 1. The number of amides is 1. The third-order valence-electron chi connectivity index (χ3n) is 3.80. The van der Waals surface area contributed by atoms with Crippen molar-refractivity contribution < 1.29 is 17.9 Å². The second-order valence-electron chi connectivity index (χ2n) is 5.87. The van der Waals surface area contributed by atoms with Crippen molar-refractivity contribution in [1.29, 1.82) is 0 Å². The Morgan fingerprint density at radius 2 is 1.73 bits per heavy atom. The Kier molecular flexibility index (Phi) is 6.63. The Labute approximate surface area is 154 Å². The maximum Gasteiger partial charge on any atom is 0.243 e. The van der Waals surface area contributed by atoms with Crippen LogP contribution in [0.3, 0.4) is 0 Å². The van der Waals surface area contributed by atoms with Crippen molar-refractivity contribution in [2.45, 2.75) is 26.4 Å². The van der Waals surface area contributed by atoms with E-state index in [0.717, 1.165) is 21.9 Å². The first-order valence-electron chi connectivity index (χ1n) is 8.37. The molecule has 7 heteroatoms. The Bertz CT molecular complexity index is 820. The molecule has 0 aliphatic heterocycles. The average molecular weight is 376 g/mol. The number of benzene rings is 2. The number of hydrogen-bond acceptors (Lipinski definition) is 4. The Morgan fingerprint density at radius 1 is 1.12 bits per heavy atom. The van der Waals surface area contributed by atoms with Crippen LogP contribution in [0, 0.1) is 0 Å². The predicted molar refractivity (Wildman–Crippen MR) is 103 cm³/mol. The van der Waals surface area contributed by atoms with E-state index in [0.29, 0.717) is 18.8 Å². The third kappa shape index (κ3) is 5.23. The van der Waals surface area contributed by atoms with Crippen LogP contribution in [0.1, 0.15) is 19.4 Å². The summed E-state index contributed by atoms with van der Waals surface area (Å²) in [6.07, 6.45) is 1.09. The zero-order valence-electron chi connectivity index (χ0n) is 15.2. The molecule has 140 valence electrons. The van der Waals surface area contributed by atoms with Crippen LogP contribution in [0.2, 0.25) is 0 Å². The maximum atomic E-state index is 12.5. The largest absolute Gasteiger partial charge is 0.494 e. The lowest BCUT2D eigenvalue weighted by molar-refractivity contribution is -0.122.